The summed E-state index contributed by atoms with van der Waals surface area (Å²) in [6, 6.07) is 13.3. The molecule has 1 aliphatic heterocycles. The highest BCUT2D eigenvalue weighted by Gasteiger charge is 2.31. The molecule has 2 aromatic rings. The maximum Gasteiger partial charge on any atom is 0.246 e. The first kappa shape index (κ1) is 12.6. The van der Waals surface area contributed by atoms with Gasteiger partial charge >= 0.3 is 0 Å². The Labute approximate surface area is 118 Å². The van der Waals surface area contributed by atoms with Crippen LogP contribution in [0.2, 0.25) is 0 Å². The number of hydrogen-bond donors (Lipinski definition) is 0. The summed E-state index contributed by atoms with van der Waals surface area (Å²) >= 11 is 0. The molecule has 3 heteroatoms. The van der Waals surface area contributed by atoms with Crippen molar-refractivity contribution in [1.82, 2.24) is 0 Å². The number of benzene rings is 2. The molecule has 0 saturated carbocycles. The van der Waals surface area contributed by atoms with Gasteiger partial charge in [0, 0.05) is 19.9 Å². The zero-order valence-electron chi connectivity index (χ0n) is 11.6. The number of rotatable bonds is 3. The smallest absolute Gasteiger partial charge is 0.246 e. The zero-order valence-corrected chi connectivity index (χ0v) is 11.6. The van der Waals surface area contributed by atoms with Gasteiger partial charge in [0.2, 0.25) is 5.79 Å². The fraction of sp³-hybridized carbons (Fsp3) is 0.176. The van der Waals surface area contributed by atoms with Crippen LogP contribution in [0.5, 0.6) is 23.0 Å². The minimum absolute atomic E-state index is 0.618. The molecule has 1 heterocycles. The van der Waals surface area contributed by atoms with Gasteiger partial charge < -0.3 is 14.2 Å². The second-order valence-electron chi connectivity index (χ2n) is 5.09. The predicted octanol–water partition coefficient (Wildman–Crippen LogP) is 4.63. The Balaban J connectivity index is 1.80. The Morgan fingerprint density at radius 3 is 2.30 bits per heavy atom. The number of hydrogen-bond acceptors (Lipinski definition) is 3. The Bertz CT molecular complexity index is 642. The number of fused-ring (bicyclic) bond motifs is 1. The molecular weight excluding hydrogens is 252 g/mol. The number of ether oxygens (including phenoxy) is 3. The normalized spacial score (nSPS) is 14.9. The van der Waals surface area contributed by atoms with Gasteiger partial charge in [-0.1, -0.05) is 24.8 Å². The summed E-state index contributed by atoms with van der Waals surface area (Å²) in [5.74, 6) is 2.32. The third-order valence-corrected chi connectivity index (χ3v) is 2.98. The van der Waals surface area contributed by atoms with Crippen molar-refractivity contribution >= 4 is 6.08 Å². The lowest BCUT2D eigenvalue weighted by molar-refractivity contribution is -0.0431. The first-order valence-electron chi connectivity index (χ1n) is 6.48. The molecule has 1 aliphatic rings. The molecule has 0 aliphatic carbocycles. The van der Waals surface area contributed by atoms with Crippen LogP contribution in [0, 0.1) is 0 Å². The van der Waals surface area contributed by atoms with Gasteiger partial charge in [0.15, 0.2) is 11.5 Å². The van der Waals surface area contributed by atoms with Crippen LogP contribution in [-0.2, 0) is 0 Å². The molecule has 0 bridgehead atoms. The van der Waals surface area contributed by atoms with Gasteiger partial charge in [0.1, 0.15) is 11.5 Å². The molecular formula is C17H16O3. The van der Waals surface area contributed by atoms with E-state index in [-0.39, 0.29) is 0 Å². The molecule has 0 fully saturated rings. The largest absolute Gasteiger partial charge is 0.457 e. The fourth-order valence-electron chi connectivity index (χ4n) is 2.07. The van der Waals surface area contributed by atoms with Crippen LogP contribution in [0.3, 0.4) is 0 Å². The van der Waals surface area contributed by atoms with Crippen molar-refractivity contribution in [3.05, 3.63) is 54.6 Å². The van der Waals surface area contributed by atoms with Crippen LogP contribution in [0.25, 0.3) is 6.08 Å². The van der Waals surface area contributed by atoms with Crippen LogP contribution < -0.4 is 14.2 Å². The first-order valence-corrected chi connectivity index (χ1v) is 6.48. The molecule has 0 spiro atoms. The van der Waals surface area contributed by atoms with E-state index in [2.05, 4.69) is 6.58 Å². The summed E-state index contributed by atoms with van der Waals surface area (Å²) in [7, 11) is 0. The first-order chi connectivity index (χ1) is 9.55. The van der Waals surface area contributed by atoms with E-state index in [1.807, 2.05) is 56.3 Å². The van der Waals surface area contributed by atoms with Gasteiger partial charge in [-0.15, -0.1) is 0 Å². The third kappa shape index (κ3) is 2.48. The summed E-state index contributed by atoms with van der Waals surface area (Å²) in [4.78, 5) is 0. The molecule has 2 aromatic carbocycles. The van der Waals surface area contributed by atoms with Crippen molar-refractivity contribution in [1.29, 1.82) is 0 Å². The molecule has 0 amide bonds. The maximum absolute atomic E-state index is 5.80. The van der Waals surface area contributed by atoms with Crippen molar-refractivity contribution in [2.75, 3.05) is 0 Å². The molecule has 0 saturated heterocycles. The summed E-state index contributed by atoms with van der Waals surface area (Å²) < 4.78 is 17.1. The van der Waals surface area contributed by atoms with E-state index in [1.165, 1.54) is 0 Å². The minimum atomic E-state index is -0.618. The van der Waals surface area contributed by atoms with Crippen molar-refractivity contribution in [2.45, 2.75) is 19.6 Å². The lowest BCUT2D eigenvalue weighted by Crippen LogP contribution is -2.29. The lowest BCUT2D eigenvalue weighted by Gasteiger charge is -2.16. The van der Waals surface area contributed by atoms with E-state index >= 15 is 0 Å². The van der Waals surface area contributed by atoms with Crippen molar-refractivity contribution < 1.29 is 14.2 Å². The van der Waals surface area contributed by atoms with Gasteiger partial charge in [-0.3, -0.25) is 0 Å². The highest BCUT2D eigenvalue weighted by Crippen LogP contribution is 2.41. The molecule has 102 valence electrons. The standard InChI is InChI=1S/C17H16O3/c1-4-12-5-7-13(8-6-12)18-14-9-10-15-16(11-14)20-17(2,3)19-15/h4-11H,1H2,2-3H3. The molecule has 0 atom stereocenters. The highest BCUT2D eigenvalue weighted by atomic mass is 16.7. The maximum atomic E-state index is 5.80. The summed E-state index contributed by atoms with van der Waals surface area (Å²) in [5.41, 5.74) is 1.06. The van der Waals surface area contributed by atoms with E-state index in [4.69, 9.17) is 14.2 Å². The Kier molecular flexibility index (Phi) is 2.90. The molecule has 0 N–H and O–H groups in total. The molecule has 20 heavy (non-hydrogen) atoms. The summed E-state index contributed by atoms with van der Waals surface area (Å²) in [6.07, 6.45) is 1.80. The van der Waals surface area contributed by atoms with Crippen LogP contribution in [-0.4, -0.2) is 5.79 Å². The second-order valence-corrected chi connectivity index (χ2v) is 5.09. The van der Waals surface area contributed by atoms with E-state index < -0.39 is 5.79 Å². The van der Waals surface area contributed by atoms with E-state index in [9.17, 15) is 0 Å². The monoisotopic (exact) mass is 268 g/mol. The predicted molar refractivity (Wildman–Crippen MR) is 78.4 cm³/mol. The molecule has 3 nitrogen and oxygen atoms in total. The molecule has 0 aromatic heterocycles. The highest BCUT2D eigenvalue weighted by molar-refractivity contribution is 5.51. The van der Waals surface area contributed by atoms with Crippen LogP contribution in [0.1, 0.15) is 19.4 Å². The molecule has 0 unspecified atom stereocenters. The van der Waals surface area contributed by atoms with E-state index in [0.29, 0.717) is 5.75 Å². The van der Waals surface area contributed by atoms with Gasteiger partial charge in [-0.2, -0.15) is 0 Å². The van der Waals surface area contributed by atoms with Gasteiger partial charge in [0.25, 0.3) is 0 Å². The topological polar surface area (TPSA) is 27.7 Å². The van der Waals surface area contributed by atoms with Crippen LogP contribution in [0.4, 0.5) is 0 Å². The Morgan fingerprint density at radius 1 is 0.950 bits per heavy atom. The van der Waals surface area contributed by atoms with Gasteiger partial charge in [-0.25, -0.2) is 0 Å². The quantitative estimate of drug-likeness (QED) is 0.812. The molecule has 3 rings (SSSR count). The Hall–Kier alpha value is -2.42. The lowest BCUT2D eigenvalue weighted by atomic mass is 10.2. The van der Waals surface area contributed by atoms with Crippen molar-refractivity contribution in [3.63, 3.8) is 0 Å². The van der Waals surface area contributed by atoms with Gasteiger partial charge in [-0.05, 0) is 29.8 Å². The van der Waals surface area contributed by atoms with E-state index in [1.54, 1.807) is 6.08 Å². The molecule has 0 radical (unpaired) electrons. The average Bonchev–Trinajstić information content (AvgIpc) is 2.73. The van der Waals surface area contributed by atoms with E-state index in [0.717, 1.165) is 22.8 Å². The second kappa shape index (κ2) is 4.60. The SMILES string of the molecule is C=Cc1ccc(Oc2ccc3c(c2)OC(C)(C)O3)cc1. The summed E-state index contributed by atoms with van der Waals surface area (Å²) in [5, 5.41) is 0. The van der Waals surface area contributed by atoms with Crippen molar-refractivity contribution in [2.24, 2.45) is 0 Å². The summed E-state index contributed by atoms with van der Waals surface area (Å²) in [6.45, 7) is 7.48. The zero-order chi connectivity index (χ0) is 14.2. The fourth-order valence-corrected chi connectivity index (χ4v) is 2.07. The van der Waals surface area contributed by atoms with Crippen molar-refractivity contribution in [3.8, 4) is 23.0 Å². The van der Waals surface area contributed by atoms with Crippen LogP contribution in [0.15, 0.2) is 49.0 Å². The third-order valence-electron chi connectivity index (χ3n) is 2.98. The van der Waals surface area contributed by atoms with Crippen LogP contribution >= 0.6 is 0 Å². The average molecular weight is 268 g/mol. The van der Waals surface area contributed by atoms with Gasteiger partial charge in [0.05, 0.1) is 0 Å². The Morgan fingerprint density at radius 2 is 1.60 bits per heavy atom. The minimum Gasteiger partial charge on any atom is -0.457 e.